The zero-order chi connectivity index (χ0) is 12.7. The highest BCUT2D eigenvalue weighted by atomic mass is 19.2. The number of hydrogen-bond donors (Lipinski definition) is 1. The number of hydrogen-bond acceptors (Lipinski definition) is 3. The largest absolute Gasteiger partial charge is 0.376 e. The van der Waals surface area contributed by atoms with Crippen molar-refractivity contribution in [3.05, 3.63) is 23.6 Å². The van der Waals surface area contributed by atoms with Gasteiger partial charge in [-0.2, -0.15) is 9.37 Å². The van der Waals surface area contributed by atoms with E-state index in [1.54, 1.807) is 0 Å². The average molecular weight is 258 g/mol. The third-order valence-corrected chi connectivity index (χ3v) is 3.43. The lowest BCUT2D eigenvalue weighted by molar-refractivity contribution is 0.0897. The van der Waals surface area contributed by atoms with Crippen LogP contribution in [-0.4, -0.2) is 23.7 Å². The summed E-state index contributed by atoms with van der Waals surface area (Å²) in [6.45, 7) is 0.601. The molecular formula is C12H13F3N2O. The number of pyridine rings is 1. The maximum atomic E-state index is 13.5. The zero-order valence-corrected chi connectivity index (χ0v) is 9.63. The van der Waals surface area contributed by atoms with Crippen LogP contribution in [0.3, 0.4) is 0 Å². The Bertz CT molecular complexity index is 465. The molecule has 2 fully saturated rings. The molecule has 2 heterocycles. The molecule has 1 aromatic rings. The Morgan fingerprint density at radius 3 is 2.67 bits per heavy atom. The predicted molar refractivity (Wildman–Crippen MR) is 58.6 cm³/mol. The summed E-state index contributed by atoms with van der Waals surface area (Å²) >= 11 is 0. The van der Waals surface area contributed by atoms with Crippen LogP contribution in [0.4, 0.5) is 19.0 Å². The van der Waals surface area contributed by atoms with E-state index < -0.39 is 17.6 Å². The molecule has 1 N–H and O–H groups in total. The Hall–Kier alpha value is -1.30. The minimum absolute atomic E-state index is 0.0271. The lowest BCUT2D eigenvalue weighted by Gasteiger charge is -2.20. The van der Waals surface area contributed by atoms with Crippen molar-refractivity contribution in [1.29, 1.82) is 0 Å². The van der Waals surface area contributed by atoms with E-state index in [4.69, 9.17) is 4.74 Å². The Kier molecular flexibility index (Phi) is 2.89. The maximum Gasteiger partial charge on any atom is 0.251 e. The Morgan fingerprint density at radius 1 is 1.17 bits per heavy atom. The maximum absolute atomic E-state index is 13.5. The Morgan fingerprint density at radius 2 is 1.94 bits per heavy atom. The second kappa shape index (κ2) is 4.42. The summed E-state index contributed by atoms with van der Waals surface area (Å²) in [5.41, 5.74) is 0. The summed E-state index contributed by atoms with van der Waals surface area (Å²) in [4.78, 5) is 3.27. The van der Waals surface area contributed by atoms with Crippen LogP contribution in [0.2, 0.25) is 0 Å². The Labute approximate surface area is 102 Å². The fraction of sp³-hybridized carbons (Fsp3) is 0.583. The third-order valence-electron chi connectivity index (χ3n) is 3.43. The lowest BCUT2D eigenvalue weighted by atomic mass is 10.1. The minimum Gasteiger partial charge on any atom is -0.376 e. The van der Waals surface area contributed by atoms with Gasteiger partial charge in [-0.05, 0) is 25.2 Å². The summed E-state index contributed by atoms with van der Waals surface area (Å²) in [5, 5.41) is 2.83. The van der Waals surface area contributed by atoms with Crippen LogP contribution in [0.15, 0.2) is 6.07 Å². The van der Waals surface area contributed by atoms with Gasteiger partial charge in [-0.25, -0.2) is 8.78 Å². The van der Waals surface area contributed by atoms with Crippen molar-refractivity contribution >= 4 is 5.82 Å². The monoisotopic (exact) mass is 258 g/mol. The van der Waals surface area contributed by atoms with Crippen LogP contribution in [0.25, 0.3) is 0 Å². The molecule has 0 aromatic carbocycles. The van der Waals surface area contributed by atoms with Crippen molar-refractivity contribution in [3.8, 4) is 0 Å². The molecule has 0 spiro atoms. The summed E-state index contributed by atoms with van der Waals surface area (Å²) < 4.78 is 44.8. The number of anilines is 1. The minimum atomic E-state index is -1.29. The van der Waals surface area contributed by atoms with E-state index in [1.165, 1.54) is 0 Å². The van der Waals surface area contributed by atoms with Crippen molar-refractivity contribution in [3.63, 3.8) is 0 Å². The number of ether oxygens (including phenoxy) is 1. The van der Waals surface area contributed by atoms with Gasteiger partial charge < -0.3 is 10.1 Å². The number of halogens is 3. The van der Waals surface area contributed by atoms with E-state index in [0.717, 1.165) is 19.3 Å². The van der Waals surface area contributed by atoms with E-state index in [2.05, 4.69) is 10.3 Å². The van der Waals surface area contributed by atoms with E-state index in [-0.39, 0.29) is 18.0 Å². The summed E-state index contributed by atoms with van der Waals surface area (Å²) in [6, 6.07) is 0.427. The standard InChI is InChI=1S/C12H13F3N2O/c13-7-5-8(14)12(17-11(7)15)16-9-3-4-18-10(9)6-1-2-6/h5-6,9-10H,1-4H2,(H,16,17). The highest BCUT2D eigenvalue weighted by Gasteiger charge is 2.41. The summed E-state index contributed by atoms with van der Waals surface area (Å²) in [5.74, 6) is -3.19. The molecule has 18 heavy (non-hydrogen) atoms. The smallest absolute Gasteiger partial charge is 0.251 e. The van der Waals surface area contributed by atoms with Crippen molar-refractivity contribution in [2.45, 2.75) is 31.4 Å². The van der Waals surface area contributed by atoms with Crippen molar-refractivity contribution in [2.24, 2.45) is 5.92 Å². The van der Waals surface area contributed by atoms with Gasteiger partial charge in [-0.1, -0.05) is 0 Å². The molecule has 0 amide bonds. The highest BCUT2D eigenvalue weighted by Crippen LogP contribution is 2.39. The molecule has 3 rings (SSSR count). The summed E-state index contributed by atoms with van der Waals surface area (Å²) in [6.07, 6.45) is 2.97. The quantitative estimate of drug-likeness (QED) is 0.846. The number of aromatic nitrogens is 1. The molecule has 2 atom stereocenters. The van der Waals surface area contributed by atoms with Crippen LogP contribution < -0.4 is 5.32 Å². The molecule has 0 radical (unpaired) electrons. The third kappa shape index (κ3) is 2.16. The van der Waals surface area contributed by atoms with Crippen LogP contribution in [0, 0.1) is 23.5 Å². The first-order chi connectivity index (χ1) is 8.65. The van der Waals surface area contributed by atoms with Gasteiger partial charge in [0, 0.05) is 12.7 Å². The normalized spacial score (nSPS) is 27.5. The zero-order valence-electron chi connectivity index (χ0n) is 9.63. The highest BCUT2D eigenvalue weighted by molar-refractivity contribution is 5.38. The molecule has 2 unspecified atom stereocenters. The average Bonchev–Trinajstić information content (AvgIpc) is 3.07. The van der Waals surface area contributed by atoms with Crippen molar-refractivity contribution in [1.82, 2.24) is 4.98 Å². The number of rotatable bonds is 3. The van der Waals surface area contributed by atoms with Gasteiger partial charge >= 0.3 is 0 Å². The van der Waals surface area contributed by atoms with Gasteiger partial charge in [-0.15, -0.1) is 0 Å². The first-order valence-electron chi connectivity index (χ1n) is 6.05. The topological polar surface area (TPSA) is 34.1 Å². The SMILES string of the molecule is Fc1cc(F)c(NC2CCOC2C2CC2)nc1F. The fourth-order valence-corrected chi connectivity index (χ4v) is 2.38. The van der Waals surface area contributed by atoms with Gasteiger partial charge in [0.1, 0.15) is 0 Å². The fourth-order valence-electron chi connectivity index (χ4n) is 2.38. The molecular weight excluding hydrogens is 245 g/mol. The predicted octanol–water partition coefficient (Wildman–Crippen LogP) is 2.48. The van der Waals surface area contributed by atoms with Crippen molar-refractivity contribution < 1.29 is 17.9 Å². The van der Waals surface area contributed by atoms with Gasteiger partial charge in [0.15, 0.2) is 17.5 Å². The van der Waals surface area contributed by atoms with Gasteiger partial charge in [0.25, 0.3) is 5.95 Å². The molecule has 1 aromatic heterocycles. The Balaban J connectivity index is 1.77. The molecule has 1 saturated heterocycles. The van der Waals surface area contributed by atoms with E-state index in [1.807, 2.05) is 0 Å². The summed E-state index contributed by atoms with van der Waals surface area (Å²) in [7, 11) is 0. The molecule has 6 heteroatoms. The molecule has 2 aliphatic rings. The molecule has 3 nitrogen and oxygen atoms in total. The molecule has 1 saturated carbocycles. The molecule has 0 bridgehead atoms. The molecule has 1 aliphatic heterocycles. The van der Waals surface area contributed by atoms with Crippen LogP contribution in [0.5, 0.6) is 0 Å². The second-order valence-corrected chi connectivity index (χ2v) is 4.80. The number of nitrogens with zero attached hydrogens (tertiary/aromatic N) is 1. The molecule has 98 valence electrons. The molecule has 1 aliphatic carbocycles. The van der Waals surface area contributed by atoms with E-state index in [9.17, 15) is 13.2 Å². The van der Waals surface area contributed by atoms with E-state index in [0.29, 0.717) is 18.6 Å². The first-order valence-corrected chi connectivity index (χ1v) is 6.05. The van der Waals surface area contributed by atoms with Crippen LogP contribution in [0.1, 0.15) is 19.3 Å². The van der Waals surface area contributed by atoms with Gasteiger partial charge in [-0.3, -0.25) is 0 Å². The second-order valence-electron chi connectivity index (χ2n) is 4.80. The van der Waals surface area contributed by atoms with Crippen molar-refractivity contribution in [2.75, 3.05) is 11.9 Å². The first kappa shape index (κ1) is 11.8. The van der Waals surface area contributed by atoms with Crippen LogP contribution in [-0.2, 0) is 4.74 Å². The van der Waals surface area contributed by atoms with Gasteiger partial charge in [0.05, 0.1) is 12.1 Å². The van der Waals surface area contributed by atoms with Crippen LogP contribution >= 0.6 is 0 Å². The lowest BCUT2D eigenvalue weighted by Crippen LogP contribution is -2.31. The number of nitrogens with one attached hydrogen (secondary N) is 1. The van der Waals surface area contributed by atoms with Gasteiger partial charge in [0.2, 0.25) is 0 Å². The van der Waals surface area contributed by atoms with E-state index >= 15 is 0 Å².